The molecule has 1 aliphatic carbocycles. The van der Waals surface area contributed by atoms with Crippen LogP contribution in [0.3, 0.4) is 0 Å². The molecule has 0 aliphatic heterocycles. The van der Waals surface area contributed by atoms with Gasteiger partial charge in [0.05, 0.1) is 5.41 Å². The molecule has 2 amide bonds. The molecule has 0 spiro atoms. The van der Waals surface area contributed by atoms with E-state index in [9.17, 15) is 9.59 Å². The van der Waals surface area contributed by atoms with Crippen molar-refractivity contribution in [1.29, 1.82) is 0 Å². The van der Waals surface area contributed by atoms with Crippen molar-refractivity contribution in [2.45, 2.75) is 99.5 Å². The van der Waals surface area contributed by atoms with Crippen LogP contribution < -0.4 is 9.99 Å². The highest BCUT2D eigenvalue weighted by Gasteiger charge is 2.57. The zero-order valence-electron chi connectivity index (χ0n) is 20.2. The highest BCUT2D eigenvalue weighted by Crippen LogP contribution is 2.56. The predicted octanol–water partition coefficient (Wildman–Crippen LogP) is 5.04. The number of unbranched alkanes of at least 4 members (excludes halogenated alkanes) is 1. The van der Waals surface area contributed by atoms with E-state index in [0.29, 0.717) is 13.0 Å². The summed E-state index contributed by atoms with van der Waals surface area (Å²) in [6, 6.07) is 0. The summed E-state index contributed by atoms with van der Waals surface area (Å²) >= 11 is 1.57. The summed E-state index contributed by atoms with van der Waals surface area (Å²) in [6.07, 6.45) is 7.63. The molecule has 1 heterocycles. The van der Waals surface area contributed by atoms with Crippen LogP contribution in [0.4, 0.5) is 0 Å². The molecular weight excluding hydrogens is 394 g/mol. The quantitative estimate of drug-likeness (QED) is 0.652. The van der Waals surface area contributed by atoms with Crippen molar-refractivity contribution in [2.75, 3.05) is 6.54 Å². The highest BCUT2D eigenvalue weighted by atomic mass is 32.1. The molecule has 0 saturated heterocycles. The molecular formula is C24H41N3O2S. The first-order chi connectivity index (χ1) is 13.9. The van der Waals surface area contributed by atoms with Crippen LogP contribution in [-0.4, -0.2) is 22.3 Å². The minimum absolute atomic E-state index is 0.0367. The van der Waals surface area contributed by atoms with E-state index in [0.717, 1.165) is 42.3 Å². The van der Waals surface area contributed by atoms with E-state index in [-0.39, 0.29) is 23.3 Å². The molecule has 6 heteroatoms. The van der Waals surface area contributed by atoms with Crippen LogP contribution in [0.5, 0.6) is 0 Å². The molecule has 0 radical (unpaired) electrons. The fraction of sp³-hybridized carbons (Fsp3) is 0.792. The third-order valence-electron chi connectivity index (χ3n) is 6.97. The van der Waals surface area contributed by atoms with Crippen molar-refractivity contribution in [1.82, 2.24) is 9.27 Å². The second-order valence-electron chi connectivity index (χ2n) is 10.5. The monoisotopic (exact) mass is 435 g/mol. The van der Waals surface area contributed by atoms with Crippen LogP contribution in [0.25, 0.3) is 0 Å². The van der Waals surface area contributed by atoms with E-state index in [2.05, 4.69) is 68.9 Å². The second kappa shape index (κ2) is 9.37. The van der Waals surface area contributed by atoms with Gasteiger partial charge in [0.1, 0.15) is 4.67 Å². The fourth-order valence-electron chi connectivity index (χ4n) is 4.29. The average Bonchev–Trinajstić information content (AvgIpc) is 3.16. The molecule has 2 atom stereocenters. The molecule has 170 valence electrons. The van der Waals surface area contributed by atoms with Gasteiger partial charge in [0, 0.05) is 29.8 Å². The normalized spacial score (nSPS) is 24.3. The number of nitrogens with one attached hydrogen (secondary N) is 1. The summed E-state index contributed by atoms with van der Waals surface area (Å²) < 4.78 is 3.04. The number of rotatable bonds is 7. The van der Waals surface area contributed by atoms with E-state index in [1.54, 1.807) is 11.5 Å². The first-order valence-corrected chi connectivity index (χ1v) is 12.2. The van der Waals surface area contributed by atoms with Gasteiger partial charge in [0.2, 0.25) is 5.91 Å². The van der Waals surface area contributed by atoms with Gasteiger partial charge < -0.3 is 5.32 Å². The first kappa shape index (κ1) is 24.8. The summed E-state index contributed by atoms with van der Waals surface area (Å²) in [4.78, 5) is 30.9. The van der Waals surface area contributed by atoms with Gasteiger partial charge in [-0.2, -0.15) is 0 Å². The topological polar surface area (TPSA) is 63.5 Å². The fourth-order valence-corrected chi connectivity index (χ4v) is 5.33. The number of carbonyl (C=O) groups excluding carboxylic acids is 2. The molecule has 1 fully saturated rings. The van der Waals surface area contributed by atoms with Crippen LogP contribution in [0.15, 0.2) is 11.2 Å². The molecule has 5 nitrogen and oxygen atoms in total. The average molecular weight is 436 g/mol. The van der Waals surface area contributed by atoms with E-state index < -0.39 is 10.8 Å². The maximum atomic E-state index is 13.3. The zero-order chi connectivity index (χ0) is 22.7. The zero-order valence-corrected chi connectivity index (χ0v) is 21.0. The van der Waals surface area contributed by atoms with E-state index in [1.807, 2.05) is 6.92 Å². The SMILES string of the molecule is CCCCc1cn(C(C)(C)C)sc1=NC(=O)C1CCC(C)(C(=O)NCCC)C1(C)C. The van der Waals surface area contributed by atoms with Crippen molar-refractivity contribution in [3.05, 3.63) is 16.4 Å². The lowest BCUT2D eigenvalue weighted by Crippen LogP contribution is -2.48. The number of hydrogen-bond donors (Lipinski definition) is 1. The van der Waals surface area contributed by atoms with Crippen molar-refractivity contribution in [3.63, 3.8) is 0 Å². The van der Waals surface area contributed by atoms with Crippen molar-refractivity contribution >= 4 is 23.3 Å². The van der Waals surface area contributed by atoms with Crippen LogP contribution in [0, 0.1) is 16.7 Å². The Labute approximate surface area is 186 Å². The van der Waals surface area contributed by atoms with Crippen LogP contribution in [0.1, 0.15) is 93.1 Å². The Morgan fingerprint density at radius 2 is 1.90 bits per heavy atom. The Morgan fingerprint density at radius 3 is 2.47 bits per heavy atom. The molecule has 1 aliphatic rings. The largest absolute Gasteiger partial charge is 0.356 e. The highest BCUT2D eigenvalue weighted by molar-refractivity contribution is 7.04. The minimum atomic E-state index is -0.552. The maximum Gasteiger partial charge on any atom is 0.250 e. The number of aromatic nitrogens is 1. The van der Waals surface area contributed by atoms with Gasteiger partial charge in [-0.15, -0.1) is 0 Å². The van der Waals surface area contributed by atoms with Crippen molar-refractivity contribution in [3.8, 4) is 0 Å². The Morgan fingerprint density at radius 1 is 1.23 bits per heavy atom. The van der Waals surface area contributed by atoms with Gasteiger partial charge in [-0.25, -0.2) is 4.99 Å². The summed E-state index contributed by atoms with van der Waals surface area (Å²) in [7, 11) is 0. The second-order valence-corrected chi connectivity index (χ2v) is 11.5. The van der Waals surface area contributed by atoms with Crippen molar-refractivity contribution in [2.24, 2.45) is 21.7 Å². The molecule has 1 aromatic heterocycles. The number of amides is 2. The van der Waals surface area contributed by atoms with Gasteiger partial charge in [-0.1, -0.05) is 41.0 Å². The summed E-state index contributed by atoms with van der Waals surface area (Å²) in [5.74, 6) is -0.248. The van der Waals surface area contributed by atoms with Crippen molar-refractivity contribution < 1.29 is 9.59 Å². The molecule has 30 heavy (non-hydrogen) atoms. The smallest absolute Gasteiger partial charge is 0.250 e. The lowest BCUT2D eigenvalue weighted by molar-refractivity contribution is -0.138. The van der Waals surface area contributed by atoms with E-state index in [4.69, 9.17) is 0 Å². The summed E-state index contributed by atoms with van der Waals surface area (Å²) in [5, 5.41) is 3.05. The Kier molecular flexibility index (Phi) is 7.76. The van der Waals surface area contributed by atoms with E-state index in [1.165, 1.54) is 0 Å². The Balaban J connectivity index is 2.36. The molecule has 1 aromatic rings. The molecule has 0 aromatic carbocycles. The van der Waals surface area contributed by atoms with Gasteiger partial charge in [0.25, 0.3) is 5.91 Å². The number of nitrogens with zero attached hydrogens (tertiary/aromatic N) is 2. The minimum Gasteiger partial charge on any atom is -0.356 e. The lowest BCUT2D eigenvalue weighted by Gasteiger charge is -2.39. The summed E-state index contributed by atoms with van der Waals surface area (Å²) in [6.45, 7) is 17.5. The molecule has 2 unspecified atom stereocenters. The van der Waals surface area contributed by atoms with Crippen LogP contribution in [0.2, 0.25) is 0 Å². The Hall–Kier alpha value is -1.43. The van der Waals surface area contributed by atoms with Gasteiger partial charge in [-0.05, 0) is 69.8 Å². The number of carbonyl (C=O) groups is 2. The first-order valence-electron chi connectivity index (χ1n) is 11.5. The van der Waals surface area contributed by atoms with Crippen LogP contribution in [-0.2, 0) is 21.5 Å². The predicted molar refractivity (Wildman–Crippen MR) is 124 cm³/mol. The summed E-state index contributed by atoms with van der Waals surface area (Å²) in [5.41, 5.74) is 0.130. The third kappa shape index (κ3) is 4.90. The molecule has 0 bridgehead atoms. The molecule has 2 rings (SSSR count). The standard InChI is InChI=1S/C24H41N3O2S/c1-9-11-12-17-16-27(22(3,4)5)30-20(17)26-19(28)18-13-14-24(8,23(18,6)7)21(29)25-15-10-2/h16,18H,9-15H2,1-8H3,(H,25,29). The van der Waals surface area contributed by atoms with Gasteiger partial charge >= 0.3 is 0 Å². The number of hydrogen-bond acceptors (Lipinski definition) is 3. The molecule has 1 saturated carbocycles. The van der Waals surface area contributed by atoms with Gasteiger partial charge in [-0.3, -0.25) is 13.5 Å². The van der Waals surface area contributed by atoms with Gasteiger partial charge in [0.15, 0.2) is 0 Å². The number of aryl methyl sites for hydroxylation is 1. The van der Waals surface area contributed by atoms with E-state index >= 15 is 0 Å². The van der Waals surface area contributed by atoms with Crippen LogP contribution >= 0.6 is 11.5 Å². The third-order valence-corrected chi connectivity index (χ3v) is 8.34. The molecule has 1 N–H and O–H groups in total. The Bertz CT molecular complexity index is 828. The lowest BCUT2D eigenvalue weighted by atomic mass is 9.65. The maximum absolute atomic E-state index is 13.3.